The Morgan fingerprint density at radius 3 is 2.10 bits per heavy atom. The number of ether oxygens (including phenoxy) is 1. The topological polar surface area (TPSA) is 39.9 Å². The maximum absolute atomic E-state index is 5.99. The lowest BCUT2D eigenvalue weighted by molar-refractivity contribution is 0.290. The zero-order valence-corrected chi connectivity index (χ0v) is 19.0. The van der Waals surface area contributed by atoms with E-state index in [1.54, 1.807) is 11.8 Å². The van der Waals surface area contributed by atoms with Gasteiger partial charge in [-0.15, -0.1) is 10.2 Å². The van der Waals surface area contributed by atoms with Gasteiger partial charge >= 0.3 is 0 Å². The second-order valence-electron chi connectivity index (χ2n) is 8.04. The van der Waals surface area contributed by atoms with Crippen LogP contribution in [0.2, 0.25) is 0 Å². The largest absolute Gasteiger partial charge is 0.486 e. The summed E-state index contributed by atoms with van der Waals surface area (Å²) in [6.07, 6.45) is 0. The van der Waals surface area contributed by atoms with E-state index in [1.165, 1.54) is 16.7 Å². The first-order chi connectivity index (χ1) is 15.0. The van der Waals surface area contributed by atoms with Crippen molar-refractivity contribution in [3.05, 3.63) is 107 Å². The molecular formula is C26H27N3OS. The molecule has 0 saturated heterocycles. The van der Waals surface area contributed by atoms with E-state index >= 15 is 0 Å². The summed E-state index contributed by atoms with van der Waals surface area (Å²) in [6, 6.07) is 29.3. The summed E-state index contributed by atoms with van der Waals surface area (Å²) in [5.41, 5.74) is 3.76. The van der Waals surface area contributed by atoms with Gasteiger partial charge in [0.15, 0.2) is 11.0 Å². The SMILES string of the molecule is Cn1c(COc2ccc(C(C)(C)c3ccccc3)cc2)nnc1SCc1ccccc1. The Morgan fingerprint density at radius 1 is 0.806 bits per heavy atom. The number of nitrogens with zero attached hydrogens (tertiary/aromatic N) is 3. The molecule has 0 aliphatic carbocycles. The second-order valence-corrected chi connectivity index (χ2v) is 8.98. The predicted octanol–water partition coefficient (Wildman–Crippen LogP) is 6.01. The van der Waals surface area contributed by atoms with Crippen molar-refractivity contribution in [2.75, 3.05) is 0 Å². The van der Waals surface area contributed by atoms with Crippen LogP contribution in [0.1, 0.15) is 36.4 Å². The lowest BCUT2D eigenvalue weighted by Crippen LogP contribution is -2.18. The highest BCUT2D eigenvalue weighted by Crippen LogP contribution is 2.32. The summed E-state index contributed by atoms with van der Waals surface area (Å²) in [6.45, 7) is 4.87. The molecule has 0 bridgehead atoms. The van der Waals surface area contributed by atoms with Crippen LogP contribution in [0.25, 0.3) is 0 Å². The summed E-state index contributed by atoms with van der Waals surface area (Å²) in [5, 5.41) is 9.52. The van der Waals surface area contributed by atoms with Crippen molar-refractivity contribution < 1.29 is 4.74 Å². The standard InChI is InChI=1S/C26H27N3OS/c1-26(2,21-12-8-5-9-13-21)22-14-16-23(17-15-22)30-18-24-27-28-25(29(24)3)31-19-20-10-6-4-7-11-20/h4-17H,18-19H2,1-3H3. The maximum atomic E-state index is 5.99. The minimum atomic E-state index is -0.0612. The Kier molecular flexibility index (Phi) is 6.42. The van der Waals surface area contributed by atoms with E-state index in [1.807, 2.05) is 29.8 Å². The van der Waals surface area contributed by atoms with Crippen LogP contribution in [0.3, 0.4) is 0 Å². The van der Waals surface area contributed by atoms with Gasteiger partial charge in [-0.05, 0) is 28.8 Å². The molecule has 0 unspecified atom stereocenters. The molecule has 31 heavy (non-hydrogen) atoms. The second kappa shape index (κ2) is 9.40. The molecule has 0 fully saturated rings. The van der Waals surface area contributed by atoms with Gasteiger partial charge in [-0.2, -0.15) is 0 Å². The Morgan fingerprint density at radius 2 is 1.42 bits per heavy atom. The van der Waals surface area contributed by atoms with Crippen LogP contribution in [0.4, 0.5) is 0 Å². The Hall–Kier alpha value is -3.05. The fourth-order valence-corrected chi connectivity index (χ4v) is 4.34. The summed E-state index contributed by atoms with van der Waals surface area (Å²) < 4.78 is 7.99. The van der Waals surface area contributed by atoms with E-state index < -0.39 is 0 Å². The van der Waals surface area contributed by atoms with Gasteiger partial charge in [0.1, 0.15) is 12.4 Å². The van der Waals surface area contributed by atoms with E-state index in [0.717, 1.165) is 22.5 Å². The number of thioether (sulfide) groups is 1. The molecule has 1 heterocycles. The third kappa shape index (κ3) is 5.00. The van der Waals surface area contributed by atoms with Crippen molar-refractivity contribution in [3.63, 3.8) is 0 Å². The van der Waals surface area contributed by atoms with Gasteiger partial charge < -0.3 is 9.30 Å². The molecule has 158 valence electrons. The van der Waals surface area contributed by atoms with Gasteiger partial charge in [-0.25, -0.2) is 0 Å². The highest BCUT2D eigenvalue weighted by atomic mass is 32.2. The monoisotopic (exact) mass is 429 g/mol. The number of hydrogen-bond acceptors (Lipinski definition) is 4. The Labute approximate surface area is 188 Å². The first-order valence-corrected chi connectivity index (χ1v) is 11.4. The molecule has 0 amide bonds. The zero-order valence-electron chi connectivity index (χ0n) is 18.2. The van der Waals surface area contributed by atoms with Gasteiger partial charge in [0.2, 0.25) is 0 Å². The van der Waals surface area contributed by atoms with Crippen LogP contribution in [0.5, 0.6) is 5.75 Å². The third-order valence-electron chi connectivity index (χ3n) is 5.58. The molecule has 4 rings (SSSR count). The lowest BCUT2D eigenvalue weighted by atomic mass is 9.78. The quantitative estimate of drug-likeness (QED) is 0.322. The van der Waals surface area contributed by atoms with Crippen molar-refractivity contribution in [1.82, 2.24) is 14.8 Å². The summed E-state index contributed by atoms with van der Waals surface area (Å²) in [5.74, 6) is 2.50. The van der Waals surface area contributed by atoms with Gasteiger partial charge in [0.25, 0.3) is 0 Å². The highest BCUT2D eigenvalue weighted by molar-refractivity contribution is 7.98. The smallest absolute Gasteiger partial charge is 0.191 e. The van der Waals surface area contributed by atoms with Gasteiger partial charge in [0, 0.05) is 18.2 Å². The van der Waals surface area contributed by atoms with Crippen LogP contribution in [-0.2, 0) is 24.8 Å². The van der Waals surface area contributed by atoms with E-state index in [9.17, 15) is 0 Å². The Bertz CT molecular complexity index is 1110. The molecule has 3 aromatic carbocycles. The van der Waals surface area contributed by atoms with Crippen LogP contribution < -0.4 is 4.74 Å². The third-order valence-corrected chi connectivity index (χ3v) is 6.67. The van der Waals surface area contributed by atoms with Gasteiger partial charge in [0.05, 0.1) is 0 Å². The van der Waals surface area contributed by atoms with E-state index in [0.29, 0.717) is 6.61 Å². The maximum Gasteiger partial charge on any atom is 0.191 e. The average molecular weight is 430 g/mol. The van der Waals surface area contributed by atoms with Gasteiger partial charge in [-0.3, -0.25) is 0 Å². The zero-order chi connectivity index (χ0) is 21.7. The van der Waals surface area contributed by atoms with Crippen molar-refractivity contribution in [2.45, 2.75) is 36.8 Å². The number of aromatic nitrogens is 3. The van der Waals surface area contributed by atoms with Crippen LogP contribution in [0.15, 0.2) is 90.1 Å². The minimum absolute atomic E-state index is 0.0612. The molecule has 4 aromatic rings. The molecule has 5 heteroatoms. The molecule has 4 nitrogen and oxygen atoms in total. The number of rotatable bonds is 8. The average Bonchev–Trinajstić information content (AvgIpc) is 3.17. The van der Waals surface area contributed by atoms with Gasteiger partial charge in [-0.1, -0.05) is 98.4 Å². The van der Waals surface area contributed by atoms with Crippen molar-refractivity contribution >= 4 is 11.8 Å². The van der Waals surface area contributed by atoms with Crippen molar-refractivity contribution in [3.8, 4) is 5.75 Å². The summed E-state index contributed by atoms with van der Waals surface area (Å²) >= 11 is 1.68. The first-order valence-electron chi connectivity index (χ1n) is 10.4. The first kappa shape index (κ1) is 21.2. The van der Waals surface area contributed by atoms with Crippen molar-refractivity contribution in [1.29, 1.82) is 0 Å². The fraction of sp³-hybridized carbons (Fsp3) is 0.231. The molecule has 0 atom stereocenters. The lowest BCUT2D eigenvalue weighted by Gasteiger charge is -2.26. The number of benzene rings is 3. The molecule has 1 aromatic heterocycles. The van der Waals surface area contributed by atoms with Crippen LogP contribution >= 0.6 is 11.8 Å². The summed E-state index contributed by atoms with van der Waals surface area (Å²) in [4.78, 5) is 0. The normalized spacial score (nSPS) is 11.5. The molecule has 0 spiro atoms. The van der Waals surface area contributed by atoms with E-state index in [2.05, 4.69) is 90.8 Å². The molecule has 0 saturated carbocycles. The molecular weight excluding hydrogens is 402 g/mol. The van der Waals surface area contributed by atoms with Crippen LogP contribution in [0, 0.1) is 0 Å². The summed E-state index contributed by atoms with van der Waals surface area (Å²) in [7, 11) is 1.98. The molecule has 0 N–H and O–H groups in total. The molecule has 0 aliphatic heterocycles. The predicted molar refractivity (Wildman–Crippen MR) is 126 cm³/mol. The number of hydrogen-bond donors (Lipinski definition) is 0. The molecule has 0 radical (unpaired) electrons. The highest BCUT2D eigenvalue weighted by Gasteiger charge is 2.22. The van der Waals surface area contributed by atoms with Crippen molar-refractivity contribution in [2.24, 2.45) is 7.05 Å². The minimum Gasteiger partial charge on any atom is -0.486 e. The van der Waals surface area contributed by atoms with E-state index in [4.69, 9.17) is 4.74 Å². The fourth-order valence-electron chi connectivity index (χ4n) is 3.46. The van der Waals surface area contributed by atoms with E-state index in [-0.39, 0.29) is 5.41 Å². The Balaban J connectivity index is 1.37. The van der Waals surface area contributed by atoms with Crippen LogP contribution in [-0.4, -0.2) is 14.8 Å². The molecule has 0 aliphatic rings.